The second kappa shape index (κ2) is 3.48. The Morgan fingerprint density at radius 3 is 1.88 bits per heavy atom. The Hall–Kier alpha value is 0.460. The molecule has 0 heterocycles. The topological polar surface area (TPSA) is 37.3 Å². The van der Waals surface area contributed by atoms with Gasteiger partial charge in [0.05, 0.1) is 3.39 Å². The lowest BCUT2D eigenvalue weighted by Crippen LogP contribution is -1.92. The number of carbonyl (C=O) groups is 1. The van der Waals surface area contributed by atoms with Gasteiger partial charge in [0, 0.05) is 0 Å². The van der Waals surface area contributed by atoms with Crippen LogP contribution in [-0.2, 0) is 4.79 Å². The van der Waals surface area contributed by atoms with Gasteiger partial charge < -0.3 is 5.11 Å². The summed E-state index contributed by atoms with van der Waals surface area (Å²) in [6.07, 6.45) is 0. The summed E-state index contributed by atoms with van der Waals surface area (Å²) < 4.78 is 0.249. The smallest absolute Gasteiger partial charge is 0.349 e. The van der Waals surface area contributed by atoms with Crippen LogP contribution in [0.4, 0.5) is 0 Å². The fourth-order valence-electron chi connectivity index (χ4n) is 0.0808. The molecule has 0 radical (unpaired) electrons. The number of rotatable bonds is 1. The molecule has 0 amide bonds. The highest BCUT2D eigenvalue weighted by molar-refractivity contribution is 9.28. The standard InChI is InChI=1S/C3HBr2ClO2/c4-2(5)1(6)3(7)8/h(H,7,8). The van der Waals surface area contributed by atoms with E-state index < -0.39 is 5.97 Å². The first-order valence-electron chi connectivity index (χ1n) is 1.49. The van der Waals surface area contributed by atoms with Crippen molar-refractivity contribution in [1.82, 2.24) is 0 Å². The zero-order chi connectivity index (χ0) is 6.73. The highest BCUT2D eigenvalue weighted by atomic mass is 79.9. The minimum Gasteiger partial charge on any atom is -0.477 e. The van der Waals surface area contributed by atoms with Gasteiger partial charge in [-0.05, 0) is 31.9 Å². The molecule has 0 aliphatic carbocycles. The van der Waals surface area contributed by atoms with Crippen LogP contribution < -0.4 is 0 Å². The lowest BCUT2D eigenvalue weighted by atomic mass is 10.7. The highest BCUT2D eigenvalue weighted by Gasteiger charge is 2.05. The van der Waals surface area contributed by atoms with Crippen molar-refractivity contribution in [3.63, 3.8) is 0 Å². The van der Waals surface area contributed by atoms with Gasteiger partial charge in [0.1, 0.15) is 5.03 Å². The lowest BCUT2D eigenvalue weighted by molar-refractivity contribution is -0.131. The molecule has 0 rings (SSSR count). The maximum absolute atomic E-state index is 9.89. The Morgan fingerprint density at radius 2 is 1.88 bits per heavy atom. The molecule has 0 aromatic carbocycles. The first-order chi connectivity index (χ1) is 3.55. The Bertz CT molecular complexity index is 138. The van der Waals surface area contributed by atoms with Gasteiger partial charge in [0.25, 0.3) is 0 Å². The summed E-state index contributed by atoms with van der Waals surface area (Å²) in [5, 5.41) is 7.84. The van der Waals surface area contributed by atoms with Crippen LogP contribution in [0.2, 0.25) is 0 Å². The highest BCUT2D eigenvalue weighted by Crippen LogP contribution is 2.21. The van der Waals surface area contributed by atoms with E-state index in [1.807, 2.05) is 0 Å². The van der Waals surface area contributed by atoms with Crippen molar-refractivity contribution in [1.29, 1.82) is 0 Å². The van der Waals surface area contributed by atoms with Crippen molar-refractivity contribution in [2.75, 3.05) is 0 Å². The summed E-state index contributed by atoms with van der Waals surface area (Å²) in [7, 11) is 0. The van der Waals surface area contributed by atoms with E-state index in [-0.39, 0.29) is 8.42 Å². The van der Waals surface area contributed by atoms with Crippen LogP contribution in [0.25, 0.3) is 0 Å². The fraction of sp³-hybridized carbons (Fsp3) is 0. The van der Waals surface area contributed by atoms with Gasteiger partial charge in [-0.1, -0.05) is 11.6 Å². The minimum atomic E-state index is -1.16. The van der Waals surface area contributed by atoms with E-state index in [1.54, 1.807) is 0 Å². The van der Waals surface area contributed by atoms with E-state index in [4.69, 9.17) is 16.7 Å². The Morgan fingerprint density at radius 1 is 1.50 bits per heavy atom. The van der Waals surface area contributed by atoms with Gasteiger partial charge in [0.15, 0.2) is 0 Å². The third-order valence-electron chi connectivity index (χ3n) is 0.354. The van der Waals surface area contributed by atoms with Crippen molar-refractivity contribution in [3.8, 4) is 0 Å². The molecule has 0 fully saturated rings. The van der Waals surface area contributed by atoms with E-state index in [0.717, 1.165) is 0 Å². The van der Waals surface area contributed by atoms with E-state index in [2.05, 4.69) is 31.9 Å². The summed E-state index contributed by atoms with van der Waals surface area (Å²) in [5.74, 6) is -1.16. The van der Waals surface area contributed by atoms with Gasteiger partial charge in [-0.2, -0.15) is 0 Å². The average Bonchev–Trinajstić information content (AvgIpc) is 1.64. The Labute approximate surface area is 67.8 Å². The Balaban J connectivity index is 4.23. The summed E-state index contributed by atoms with van der Waals surface area (Å²) in [4.78, 5) is 9.89. The van der Waals surface area contributed by atoms with Crippen LogP contribution in [0.5, 0.6) is 0 Å². The number of aliphatic carboxylic acids is 1. The molecule has 0 aromatic rings. The van der Waals surface area contributed by atoms with Crippen LogP contribution in [0.1, 0.15) is 0 Å². The maximum atomic E-state index is 9.89. The molecule has 0 aliphatic heterocycles. The molecule has 5 heteroatoms. The lowest BCUT2D eigenvalue weighted by Gasteiger charge is -1.86. The number of carboxylic acids is 1. The molecule has 1 N–H and O–H groups in total. The zero-order valence-electron chi connectivity index (χ0n) is 3.49. The molecule has 0 saturated carbocycles. The molecule has 0 unspecified atom stereocenters. The molecular formula is C3HBr2ClO2. The van der Waals surface area contributed by atoms with Crippen LogP contribution in [0.3, 0.4) is 0 Å². The molecule has 2 nitrogen and oxygen atoms in total. The molecule has 46 valence electrons. The predicted octanol–water partition coefficient (Wildman–Crippen LogP) is 2.27. The number of halogens is 3. The van der Waals surface area contributed by atoms with Gasteiger partial charge in [-0.15, -0.1) is 0 Å². The van der Waals surface area contributed by atoms with Crippen molar-refractivity contribution in [2.45, 2.75) is 0 Å². The summed E-state index contributed by atoms with van der Waals surface area (Å²) in [6, 6.07) is 0. The van der Waals surface area contributed by atoms with Gasteiger partial charge in [-0.3, -0.25) is 0 Å². The van der Waals surface area contributed by atoms with Gasteiger partial charge in [0.2, 0.25) is 0 Å². The van der Waals surface area contributed by atoms with E-state index in [9.17, 15) is 4.79 Å². The quantitative estimate of drug-likeness (QED) is 0.738. The molecule has 8 heavy (non-hydrogen) atoms. The number of carboxylic acid groups (broad SMARTS) is 1. The minimum absolute atomic E-state index is 0.249. The molecule has 0 aliphatic rings. The molecule has 0 spiro atoms. The zero-order valence-corrected chi connectivity index (χ0v) is 7.42. The maximum Gasteiger partial charge on any atom is 0.349 e. The van der Waals surface area contributed by atoms with Crippen molar-refractivity contribution < 1.29 is 9.90 Å². The van der Waals surface area contributed by atoms with Gasteiger partial charge >= 0.3 is 5.97 Å². The SMILES string of the molecule is O=C(O)C(Cl)=C(Br)Br. The van der Waals surface area contributed by atoms with Crippen LogP contribution in [0, 0.1) is 0 Å². The normalized spacial score (nSPS) is 8.38. The monoisotopic (exact) mass is 262 g/mol. The third kappa shape index (κ3) is 2.69. The molecule has 0 atom stereocenters. The van der Waals surface area contributed by atoms with Crippen LogP contribution in [0.15, 0.2) is 8.42 Å². The van der Waals surface area contributed by atoms with E-state index in [0.29, 0.717) is 0 Å². The van der Waals surface area contributed by atoms with Crippen LogP contribution in [-0.4, -0.2) is 11.1 Å². The summed E-state index contributed by atoms with van der Waals surface area (Å²) in [6.45, 7) is 0. The molecule has 0 bridgehead atoms. The van der Waals surface area contributed by atoms with Crippen molar-refractivity contribution in [2.24, 2.45) is 0 Å². The van der Waals surface area contributed by atoms with E-state index in [1.165, 1.54) is 0 Å². The van der Waals surface area contributed by atoms with E-state index >= 15 is 0 Å². The van der Waals surface area contributed by atoms with Crippen LogP contribution >= 0.6 is 43.5 Å². The molecular weight excluding hydrogens is 263 g/mol. The first-order valence-corrected chi connectivity index (χ1v) is 3.46. The molecule has 0 aromatic heterocycles. The average molecular weight is 264 g/mol. The first kappa shape index (κ1) is 8.46. The number of hydrogen-bond acceptors (Lipinski definition) is 1. The molecule has 0 saturated heterocycles. The van der Waals surface area contributed by atoms with Crippen molar-refractivity contribution >= 4 is 49.4 Å². The largest absolute Gasteiger partial charge is 0.477 e. The second-order valence-electron chi connectivity index (χ2n) is 0.880. The van der Waals surface area contributed by atoms with Crippen molar-refractivity contribution in [3.05, 3.63) is 8.42 Å². The van der Waals surface area contributed by atoms with Gasteiger partial charge in [-0.25, -0.2) is 4.79 Å². The summed E-state index contributed by atoms with van der Waals surface area (Å²) in [5.41, 5.74) is 0. The predicted molar refractivity (Wildman–Crippen MR) is 38.4 cm³/mol. The fourth-order valence-corrected chi connectivity index (χ4v) is 0.420. The second-order valence-corrected chi connectivity index (χ2v) is 3.91. The Kier molecular flexibility index (Phi) is 3.68. The number of hydrogen-bond donors (Lipinski definition) is 1. The summed E-state index contributed by atoms with van der Waals surface area (Å²) >= 11 is 10.8. The third-order valence-corrected chi connectivity index (χ3v) is 1.95.